The number of hydrogen-bond donors (Lipinski definition) is 5. The number of ether oxygens (including phenoxy) is 4. The Kier molecular flexibility index (Phi) is 23.6. The molecule has 0 aromatic heterocycles. The van der Waals surface area contributed by atoms with Crippen LogP contribution in [0.4, 0.5) is 10.5 Å². The average molecular weight is 1230 g/mol. The van der Waals surface area contributed by atoms with Gasteiger partial charge in [-0.15, -0.1) is 0 Å². The first-order chi connectivity index (χ1) is 40.5. The van der Waals surface area contributed by atoms with Gasteiger partial charge in [0.25, 0.3) is 17.7 Å². The highest BCUT2D eigenvalue weighted by Gasteiger charge is 2.64. The Morgan fingerprint density at radius 1 is 1.01 bits per heavy atom. The smallest absolute Gasteiger partial charge is 0.328 e. The first kappa shape index (κ1) is 68.3. The minimum atomic E-state index is -1.65. The predicted molar refractivity (Wildman–Crippen MR) is 325 cm³/mol. The Morgan fingerprint density at radius 3 is 2.36 bits per heavy atom. The SMILES string of the molecule is CO[C@@H]1/C=C/C=C(\C)Cc2cc(C)c(Cl)c(c2)N(C)C(=O)C[C@H](OC(=O)[C@H](C)N(C)C(=O)c2ccc(CC(=O)[C@H](CCCNC(N)=O)NC(=O)[C@@H](CC(=S)CCCCCN3C(=O)C=CC3=O)C(C)C)c(O)c2)[C@]2(C)O[C@H]2[C@H](C)[C@@H]2C[C@@]1(O)CC(=O)O2. The van der Waals surface area contributed by atoms with E-state index in [4.69, 9.17) is 48.5 Å². The van der Waals surface area contributed by atoms with E-state index < -0.39 is 113 Å². The number of carbonyl (C=O) groups is 9. The van der Waals surface area contributed by atoms with Crippen LogP contribution in [0.15, 0.2) is 66.3 Å². The highest BCUT2D eigenvalue weighted by atomic mass is 35.5. The van der Waals surface area contributed by atoms with Crippen LogP contribution in [0.3, 0.4) is 0 Å². The number of unbranched alkanes of at least 4 members (excludes halogenated alkanes) is 2. The van der Waals surface area contributed by atoms with E-state index in [2.05, 4.69) is 10.6 Å². The molecule has 4 aliphatic heterocycles. The maximum atomic E-state index is 14.5. The number of benzene rings is 2. The molecule has 468 valence electrons. The number of phenolic OH excluding ortho intramolecular Hbond substituents is 1. The number of urea groups is 1. The van der Waals surface area contributed by atoms with Crippen LogP contribution in [0.2, 0.25) is 5.02 Å². The van der Waals surface area contributed by atoms with Crippen LogP contribution in [-0.2, 0) is 65.4 Å². The number of methoxy groups -OCH3 is 1. The van der Waals surface area contributed by atoms with Crippen molar-refractivity contribution < 1.29 is 72.3 Å². The third-order valence-corrected chi connectivity index (χ3v) is 17.8. The van der Waals surface area contributed by atoms with Crippen LogP contribution in [0.5, 0.6) is 5.75 Å². The molecule has 4 aliphatic rings. The second-order valence-corrected chi connectivity index (χ2v) is 24.7. The Morgan fingerprint density at radius 2 is 1.71 bits per heavy atom. The van der Waals surface area contributed by atoms with Gasteiger partial charge in [-0.3, -0.25) is 38.5 Å². The molecule has 6 N–H and O–H groups in total. The van der Waals surface area contributed by atoms with Crippen LogP contribution in [0.1, 0.15) is 133 Å². The normalized spacial score (nSPS) is 25.3. The van der Waals surface area contributed by atoms with E-state index in [-0.39, 0.29) is 73.9 Å². The molecule has 7 amide bonds. The van der Waals surface area contributed by atoms with Gasteiger partial charge >= 0.3 is 18.0 Å². The molecule has 86 heavy (non-hydrogen) atoms. The fourth-order valence-electron chi connectivity index (χ4n) is 11.3. The van der Waals surface area contributed by atoms with Crippen LogP contribution in [-0.4, -0.2) is 160 Å². The molecule has 2 aromatic rings. The first-order valence-electron chi connectivity index (χ1n) is 29.2. The van der Waals surface area contributed by atoms with Crippen molar-refractivity contribution in [3.05, 3.63) is 93.6 Å². The molecule has 6 rings (SSSR count). The number of esters is 2. The monoisotopic (exact) mass is 1230 g/mol. The van der Waals surface area contributed by atoms with E-state index in [1.807, 2.05) is 45.9 Å². The number of nitrogens with zero attached hydrogens (tertiary/aromatic N) is 3. The molecule has 0 saturated carbocycles. The summed E-state index contributed by atoms with van der Waals surface area (Å²) in [6, 6.07) is 4.59. The van der Waals surface area contributed by atoms with Crippen molar-refractivity contribution >= 4 is 87.7 Å². The van der Waals surface area contributed by atoms with Crippen molar-refractivity contribution in [2.45, 2.75) is 173 Å². The molecule has 21 nitrogen and oxygen atoms in total. The number of nitrogens with one attached hydrogen (secondary N) is 2. The Bertz CT molecular complexity index is 3020. The number of halogens is 1. The number of rotatable bonds is 23. The van der Waals surface area contributed by atoms with Crippen molar-refractivity contribution in [3.63, 3.8) is 0 Å². The van der Waals surface area contributed by atoms with E-state index in [1.54, 1.807) is 33.0 Å². The zero-order valence-electron chi connectivity index (χ0n) is 50.8. The molecule has 0 radical (unpaired) electrons. The molecule has 2 fully saturated rings. The molecule has 23 heteroatoms. The topological polar surface area (TPSA) is 294 Å². The van der Waals surface area contributed by atoms with Gasteiger partial charge in [0.05, 0.1) is 35.7 Å². The first-order valence-corrected chi connectivity index (χ1v) is 30.0. The largest absolute Gasteiger partial charge is 0.508 e. The number of allylic oxidation sites excluding steroid dienone is 3. The highest BCUT2D eigenvalue weighted by molar-refractivity contribution is 7.80. The van der Waals surface area contributed by atoms with Crippen molar-refractivity contribution in [2.75, 3.05) is 39.2 Å². The van der Waals surface area contributed by atoms with E-state index in [9.17, 15) is 53.4 Å². The van der Waals surface area contributed by atoms with Gasteiger partial charge in [-0.1, -0.05) is 86.9 Å². The molecule has 4 heterocycles. The fraction of sp³-hybridized carbons (Fsp3) is 0.556. The lowest BCUT2D eigenvalue weighted by Gasteiger charge is -2.41. The van der Waals surface area contributed by atoms with E-state index >= 15 is 0 Å². The number of anilines is 1. The number of hydrogen-bond acceptors (Lipinski definition) is 16. The second-order valence-electron chi connectivity index (χ2n) is 23.8. The van der Waals surface area contributed by atoms with Crippen LogP contribution in [0.25, 0.3) is 0 Å². The number of thiocarbonyl (C=S) groups is 1. The number of Topliss-reactive ketones (excluding diaryl/α,β-unsaturated/α-hetero) is 1. The second kappa shape index (κ2) is 29.7. The van der Waals surface area contributed by atoms with E-state index in [0.717, 1.165) is 21.6 Å². The molecule has 10 atom stereocenters. The van der Waals surface area contributed by atoms with Gasteiger partial charge in [-0.2, -0.15) is 0 Å². The van der Waals surface area contributed by atoms with Gasteiger partial charge in [0.2, 0.25) is 11.8 Å². The number of aryl methyl sites for hydroxylation is 1. The molecular formula is C63H83ClN6O15S. The summed E-state index contributed by atoms with van der Waals surface area (Å²) in [6.07, 6.45) is 6.59. The summed E-state index contributed by atoms with van der Waals surface area (Å²) < 4.78 is 24.1. The lowest BCUT2D eigenvalue weighted by Crippen LogP contribution is -2.53. The minimum Gasteiger partial charge on any atom is -0.508 e. The number of imide groups is 1. The number of nitrogens with two attached hydrogens (primary N) is 1. The third-order valence-electron chi connectivity index (χ3n) is 16.9. The number of primary amides is 1. The summed E-state index contributed by atoms with van der Waals surface area (Å²) in [5, 5.41) is 29.1. The molecule has 0 spiro atoms. The van der Waals surface area contributed by atoms with Crippen molar-refractivity contribution in [1.82, 2.24) is 20.4 Å². The van der Waals surface area contributed by atoms with Crippen LogP contribution < -0.4 is 21.3 Å². The standard InChI is InChI=1S/C63H83ClN6O15S/c1-35(2)44(31-43(86)17-12-11-13-25-70-52(73)22-23-53(70)74)58(77)67-45(18-15-24-66-61(65)80)48(72)29-41-20-21-42(30-47(41)71)59(78)68(8)39(6)60(79)84-51-32-54(75)69(9)46-28-40(27-37(4)56(46)64)26-36(3)16-14-19-50(82-10)63(81)33-49(83-55(76)34-63)38(5)57-62(51,7)85-57/h14,16,19-23,27-28,30,35,38-39,44-45,49-51,57,71,81H,11-13,15,17-18,24-26,29,31-34H2,1-10H3,(H,67,77)(H3,65,66,80)/b19-14+,36-16+/t38-,39+,44+,45+,49+,50-,51+,57+,62+,63-/m1/s1. The van der Waals surface area contributed by atoms with E-state index in [0.29, 0.717) is 54.2 Å². The number of fused-ring (bicyclic) bond motifs is 5. The number of aliphatic hydroxyl groups is 1. The molecule has 4 bridgehead atoms. The van der Waals surface area contributed by atoms with Gasteiger partial charge in [0.1, 0.15) is 41.3 Å². The number of epoxide rings is 1. The summed E-state index contributed by atoms with van der Waals surface area (Å²) in [4.78, 5) is 124. The lowest BCUT2D eigenvalue weighted by atomic mass is 9.78. The third kappa shape index (κ3) is 17.2. The van der Waals surface area contributed by atoms with Crippen LogP contribution >= 0.6 is 23.8 Å². The average Bonchev–Trinajstić information content (AvgIpc) is 1.64. The zero-order chi connectivity index (χ0) is 63.5. The maximum Gasteiger partial charge on any atom is 0.328 e. The van der Waals surface area contributed by atoms with Crippen molar-refractivity contribution in [1.29, 1.82) is 0 Å². The number of likely N-dealkylation sites (N-methyl/N-ethyl adjacent to an activating group) is 1. The molecule has 0 unspecified atom stereocenters. The predicted octanol–water partition coefficient (Wildman–Crippen LogP) is 6.65. The number of aromatic hydroxyl groups is 1. The van der Waals surface area contributed by atoms with Gasteiger partial charge in [-0.05, 0) is 113 Å². The Hall–Kier alpha value is -6.85. The number of phenols is 1. The van der Waals surface area contributed by atoms with Gasteiger partial charge in [-0.25, -0.2) is 9.59 Å². The summed E-state index contributed by atoms with van der Waals surface area (Å²) in [6.45, 7) is 12.8. The quantitative estimate of drug-likeness (QED) is 0.0256. The molecule has 2 aromatic carbocycles. The fourth-order valence-corrected chi connectivity index (χ4v) is 11.9. The van der Waals surface area contributed by atoms with Gasteiger partial charge < -0.3 is 55.3 Å². The zero-order valence-corrected chi connectivity index (χ0v) is 52.3. The summed E-state index contributed by atoms with van der Waals surface area (Å²) in [5.41, 5.74) is 5.31. The molecular weight excluding hydrogens is 1150 g/mol. The number of amides is 7. The van der Waals surface area contributed by atoms with Gasteiger partial charge in [0.15, 0.2) is 5.78 Å². The minimum absolute atomic E-state index is 0.0145. The van der Waals surface area contributed by atoms with E-state index in [1.165, 1.54) is 61.2 Å². The molecule has 0 aliphatic carbocycles. The maximum absolute atomic E-state index is 14.5. The Labute approximate surface area is 513 Å². The van der Waals surface area contributed by atoms with Gasteiger partial charge in [0, 0.05) is 82.3 Å². The number of ketones is 1. The number of carbonyl (C=O) groups excluding carboxylic acids is 9. The van der Waals surface area contributed by atoms with Crippen molar-refractivity contribution in [3.8, 4) is 5.75 Å². The van der Waals surface area contributed by atoms with Crippen LogP contribution in [0, 0.1) is 24.7 Å². The molecule has 2 saturated heterocycles. The van der Waals surface area contributed by atoms with Crippen molar-refractivity contribution in [2.24, 2.45) is 23.5 Å². The summed E-state index contributed by atoms with van der Waals surface area (Å²) in [5.74, 6) is -6.04. The lowest BCUT2D eigenvalue weighted by molar-refractivity contribution is -0.187. The Balaban J connectivity index is 1.15. The summed E-state index contributed by atoms with van der Waals surface area (Å²) in [7, 11) is 4.38. The highest BCUT2D eigenvalue weighted by Crippen LogP contribution is 2.50. The summed E-state index contributed by atoms with van der Waals surface area (Å²) >= 11 is 12.6.